The molecule has 0 amide bonds. The normalized spacial score (nSPS) is 26.3. The Kier molecular flexibility index (Phi) is 5.03. The largest absolute Gasteiger partial charge is 0.412 e. The number of aromatic nitrogens is 2. The lowest BCUT2D eigenvalue weighted by molar-refractivity contribution is 0.0114. The average Bonchev–Trinajstić information content (AvgIpc) is 2.38. The molecule has 1 aliphatic rings. The lowest BCUT2D eigenvalue weighted by atomic mass is 9.90. The van der Waals surface area contributed by atoms with Gasteiger partial charge in [-0.2, -0.15) is 0 Å². The number of H-pyrrole nitrogens is 1. The van der Waals surface area contributed by atoms with Gasteiger partial charge in [0.05, 0.1) is 18.2 Å². The van der Waals surface area contributed by atoms with Crippen LogP contribution < -0.4 is 11.2 Å². The van der Waals surface area contributed by atoms with Crippen molar-refractivity contribution in [1.29, 1.82) is 0 Å². The molecule has 0 saturated heterocycles. The Balaban J connectivity index is 2.33. The van der Waals surface area contributed by atoms with Gasteiger partial charge in [0.1, 0.15) is 0 Å². The molecule has 1 aromatic rings. The first kappa shape index (κ1) is 18.2. The van der Waals surface area contributed by atoms with E-state index in [-0.39, 0.29) is 17.2 Å². The number of nitrogens with one attached hydrogen (secondary N) is 1. The highest BCUT2D eigenvalue weighted by Gasteiger charge is 2.42. The molecule has 0 aliphatic heterocycles. The Morgan fingerprint density at radius 3 is 2.52 bits per heavy atom. The Hall–Kier alpha value is -1.18. The van der Waals surface area contributed by atoms with Crippen LogP contribution in [-0.4, -0.2) is 35.2 Å². The van der Waals surface area contributed by atoms with Crippen LogP contribution in [0.2, 0.25) is 18.1 Å². The second-order valence-electron chi connectivity index (χ2n) is 7.97. The minimum atomic E-state index is -2.02. The van der Waals surface area contributed by atoms with E-state index in [0.29, 0.717) is 19.3 Å². The van der Waals surface area contributed by atoms with E-state index < -0.39 is 25.7 Å². The van der Waals surface area contributed by atoms with Crippen molar-refractivity contribution in [2.24, 2.45) is 0 Å². The Labute approximate surface area is 137 Å². The van der Waals surface area contributed by atoms with Crippen LogP contribution in [0, 0.1) is 0 Å². The van der Waals surface area contributed by atoms with Crippen LogP contribution >= 0.6 is 0 Å². The number of nitrogens with zero attached hydrogens (tertiary/aromatic N) is 1. The van der Waals surface area contributed by atoms with Crippen LogP contribution in [0.5, 0.6) is 0 Å². The first-order valence-corrected chi connectivity index (χ1v) is 11.1. The molecule has 23 heavy (non-hydrogen) atoms. The summed E-state index contributed by atoms with van der Waals surface area (Å²) in [4.78, 5) is 25.7. The first-order valence-electron chi connectivity index (χ1n) is 8.18. The van der Waals surface area contributed by atoms with Crippen molar-refractivity contribution >= 4 is 8.32 Å². The average molecular weight is 340 g/mol. The molecule has 6 nitrogen and oxygen atoms in total. The number of hydrogen-bond donors (Lipinski definition) is 2. The van der Waals surface area contributed by atoms with Gasteiger partial charge in [-0.05, 0) is 31.0 Å². The van der Waals surface area contributed by atoms with Gasteiger partial charge in [0.15, 0.2) is 8.32 Å². The molecular formula is C16H28N2O4Si. The molecular weight excluding hydrogens is 312 g/mol. The van der Waals surface area contributed by atoms with Crippen molar-refractivity contribution < 1.29 is 9.53 Å². The summed E-state index contributed by atoms with van der Waals surface area (Å²) in [6, 6.07) is 1.20. The van der Waals surface area contributed by atoms with E-state index in [1.807, 2.05) is 0 Å². The predicted octanol–water partition coefficient (Wildman–Crippen LogP) is 2.01. The van der Waals surface area contributed by atoms with Crippen LogP contribution in [-0.2, 0) is 4.43 Å². The summed E-state index contributed by atoms with van der Waals surface area (Å²) in [5, 5.41) is 10.1. The number of rotatable bonds is 3. The molecule has 1 saturated carbocycles. The molecule has 0 aromatic carbocycles. The minimum Gasteiger partial charge on any atom is -0.412 e. The maximum atomic E-state index is 12.1. The van der Waals surface area contributed by atoms with E-state index >= 15 is 0 Å². The fraction of sp³-hybridized carbons (Fsp3) is 0.750. The topological polar surface area (TPSA) is 84.3 Å². The highest BCUT2D eigenvalue weighted by Crippen LogP contribution is 2.41. The van der Waals surface area contributed by atoms with Gasteiger partial charge in [0.25, 0.3) is 5.56 Å². The van der Waals surface area contributed by atoms with E-state index in [9.17, 15) is 14.7 Å². The molecule has 2 N–H and O–H groups in total. The minimum absolute atomic E-state index is 0.0515. The van der Waals surface area contributed by atoms with Crippen molar-refractivity contribution in [1.82, 2.24) is 9.55 Å². The van der Waals surface area contributed by atoms with Crippen molar-refractivity contribution in [3.05, 3.63) is 33.1 Å². The molecule has 0 unspecified atom stereocenters. The molecule has 3 atom stereocenters. The third-order valence-electron chi connectivity index (χ3n) is 5.19. The fourth-order valence-corrected chi connectivity index (χ4v) is 4.14. The molecule has 7 heteroatoms. The highest BCUT2D eigenvalue weighted by atomic mass is 28.4. The third-order valence-corrected chi connectivity index (χ3v) is 9.69. The lowest BCUT2D eigenvalue weighted by Gasteiger charge is -2.44. The van der Waals surface area contributed by atoms with Gasteiger partial charge in [-0.3, -0.25) is 14.3 Å². The molecule has 0 spiro atoms. The molecule has 0 radical (unpaired) electrons. The summed E-state index contributed by atoms with van der Waals surface area (Å²) in [5.74, 6) is 0. The Morgan fingerprint density at radius 1 is 1.30 bits per heavy atom. The van der Waals surface area contributed by atoms with Crippen LogP contribution in [0.3, 0.4) is 0 Å². The van der Waals surface area contributed by atoms with Crippen LogP contribution in [0.25, 0.3) is 0 Å². The van der Waals surface area contributed by atoms with Gasteiger partial charge >= 0.3 is 5.69 Å². The summed E-state index contributed by atoms with van der Waals surface area (Å²) in [5.41, 5.74) is -0.813. The summed E-state index contributed by atoms with van der Waals surface area (Å²) < 4.78 is 8.04. The SMILES string of the molecule is CC(C)(C)[Si](C)(C)O[C@H]1C[C@@H](O)CC[C@@H]1n1ccc(=O)[nH]c1=O. The Morgan fingerprint density at radius 2 is 1.96 bits per heavy atom. The number of aliphatic hydroxyl groups is 1. The zero-order chi connectivity index (χ0) is 17.4. The zero-order valence-electron chi connectivity index (χ0n) is 14.6. The van der Waals surface area contributed by atoms with Gasteiger partial charge < -0.3 is 9.53 Å². The van der Waals surface area contributed by atoms with Crippen LogP contribution in [0.4, 0.5) is 0 Å². The second kappa shape index (κ2) is 6.37. The Bertz CT molecular complexity index is 659. The predicted molar refractivity (Wildman–Crippen MR) is 92.3 cm³/mol. The summed E-state index contributed by atoms with van der Waals surface area (Å²) >= 11 is 0. The van der Waals surface area contributed by atoms with E-state index in [1.165, 1.54) is 12.3 Å². The van der Waals surface area contributed by atoms with E-state index in [0.717, 1.165) is 0 Å². The quantitative estimate of drug-likeness (QED) is 0.825. The molecule has 1 aromatic heterocycles. The van der Waals surface area contributed by atoms with Crippen LogP contribution in [0.15, 0.2) is 21.9 Å². The third kappa shape index (κ3) is 4.02. The van der Waals surface area contributed by atoms with Crippen molar-refractivity contribution in [2.75, 3.05) is 0 Å². The number of aromatic amines is 1. The van der Waals surface area contributed by atoms with Crippen molar-refractivity contribution in [3.8, 4) is 0 Å². The second-order valence-corrected chi connectivity index (χ2v) is 12.7. The standard InChI is InChI=1S/C16H28N2O4Si/c1-16(2,3)23(4,5)22-13-10-11(19)6-7-12(13)18-9-8-14(20)17-15(18)21/h8-9,11-13,19H,6-7,10H2,1-5H3,(H,17,20,21)/t11-,12-,13-/m0/s1. The fourth-order valence-electron chi connectivity index (χ4n) is 2.78. The number of hydrogen-bond acceptors (Lipinski definition) is 4. The van der Waals surface area contributed by atoms with Crippen molar-refractivity contribution in [3.63, 3.8) is 0 Å². The molecule has 1 heterocycles. The zero-order valence-corrected chi connectivity index (χ0v) is 15.6. The summed E-state index contributed by atoms with van der Waals surface area (Å²) in [6.45, 7) is 10.8. The van der Waals surface area contributed by atoms with Gasteiger partial charge in [0.2, 0.25) is 0 Å². The summed E-state index contributed by atoms with van der Waals surface area (Å²) in [6.07, 6.45) is 2.72. The molecule has 130 valence electrons. The molecule has 0 bridgehead atoms. The van der Waals surface area contributed by atoms with Crippen LogP contribution in [0.1, 0.15) is 46.1 Å². The van der Waals surface area contributed by atoms with Gasteiger partial charge in [0, 0.05) is 18.7 Å². The maximum Gasteiger partial charge on any atom is 0.328 e. The maximum absolute atomic E-state index is 12.1. The first-order chi connectivity index (χ1) is 10.5. The number of aliphatic hydroxyl groups excluding tert-OH is 1. The van der Waals surface area contributed by atoms with E-state index in [4.69, 9.17) is 4.43 Å². The lowest BCUT2D eigenvalue weighted by Crippen LogP contribution is -2.50. The summed E-state index contributed by atoms with van der Waals surface area (Å²) in [7, 11) is -2.02. The van der Waals surface area contributed by atoms with Gasteiger partial charge in [-0.15, -0.1) is 0 Å². The van der Waals surface area contributed by atoms with E-state index in [2.05, 4.69) is 38.8 Å². The van der Waals surface area contributed by atoms with E-state index in [1.54, 1.807) is 4.57 Å². The monoisotopic (exact) mass is 340 g/mol. The highest BCUT2D eigenvalue weighted by molar-refractivity contribution is 6.74. The molecule has 1 aliphatic carbocycles. The van der Waals surface area contributed by atoms with Crippen molar-refractivity contribution in [2.45, 2.75) is 76.4 Å². The van der Waals surface area contributed by atoms with Gasteiger partial charge in [-0.25, -0.2) is 4.79 Å². The molecule has 1 fully saturated rings. The molecule has 2 rings (SSSR count). The van der Waals surface area contributed by atoms with Gasteiger partial charge in [-0.1, -0.05) is 20.8 Å². The smallest absolute Gasteiger partial charge is 0.328 e.